The van der Waals surface area contributed by atoms with Gasteiger partial charge in [-0.1, -0.05) is 127 Å². The van der Waals surface area contributed by atoms with Crippen molar-refractivity contribution in [2.24, 2.45) is 0 Å². The van der Waals surface area contributed by atoms with E-state index in [1.165, 1.54) is 49.0 Å². The molecular weight excluding hydrogens is 587 g/mol. The minimum Gasteiger partial charge on any atom is -0.378 e. The molecule has 1 unspecified atom stereocenters. The van der Waals surface area contributed by atoms with Crippen LogP contribution in [-0.2, 0) is 0 Å². The van der Waals surface area contributed by atoms with Crippen LogP contribution in [0.4, 0.5) is 0 Å². The molecule has 2 aromatic heterocycles. The molecule has 1 aliphatic heterocycles. The molecule has 0 amide bonds. The Morgan fingerprint density at radius 2 is 1.08 bits per heavy atom. The van der Waals surface area contributed by atoms with Crippen LogP contribution >= 0.6 is 0 Å². The summed E-state index contributed by atoms with van der Waals surface area (Å²) in [5.41, 5.74) is 6.45. The van der Waals surface area contributed by atoms with Crippen molar-refractivity contribution >= 4 is 32.3 Å². The summed E-state index contributed by atoms with van der Waals surface area (Å²) in [5, 5.41) is 10.7. The van der Waals surface area contributed by atoms with Gasteiger partial charge in [-0.05, 0) is 85.0 Å². The minimum absolute atomic E-state index is 0.155. The summed E-state index contributed by atoms with van der Waals surface area (Å²) < 4.78 is 0. The van der Waals surface area contributed by atoms with Crippen LogP contribution in [0.15, 0.2) is 164 Å². The zero-order valence-corrected chi connectivity index (χ0v) is 26.0. The van der Waals surface area contributed by atoms with E-state index in [9.17, 15) is 0 Å². The largest absolute Gasteiger partial charge is 0.378 e. The van der Waals surface area contributed by atoms with Gasteiger partial charge in [0.15, 0.2) is 17.5 Å². The Bertz CT molecular complexity index is 2480. The van der Waals surface area contributed by atoms with Crippen LogP contribution in [0.5, 0.6) is 0 Å². The third kappa shape index (κ3) is 4.89. The van der Waals surface area contributed by atoms with E-state index in [-0.39, 0.29) is 6.04 Å². The molecule has 0 saturated heterocycles. The van der Waals surface area contributed by atoms with E-state index >= 15 is 0 Å². The predicted molar refractivity (Wildman–Crippen MR) is 196 cm³/mol. The first-order valence-corrected chi connectivity index (χ1v) is 16.1. The number of rotatable bonds is 5. The van der Waals surface area contributed by atoms with Crippen LogP contribution in [0.2, 0.25) is 0 Å². The second kappa shape index (κ2) is 11.7. The Balaban J connectivity index is 1.19. The van der Waals surface area contributed by atoms with E-state index in [1.54, 1.807) is 6.20 Å². The van der Waals surface area contributed by atoms with Gasteiger partial charge >= 0.3 is 0 Å². The first-order valence-electron chi connectivity index (χ1n) is 16.1. The molecule has 3 heterocycles. The number of hydrogen-bond donors (Lipinski definition) is 1. The highest BCUT2D eigenvalue weighted by Gasteiger charge is 2.19. The van der Waals surface area contributed by atoms with E-state index < -0.39 is 0 Å². The lowest BCUT2D eigenvalue weighted by atomic mass is 9.85. The van der Waals surface area contributed by atoms with Crippen molar-refractivity contribution in [1.82, 2.24) is 25.3 Å². The van der Waals surface area contributed by atoms with Crippen molar-refractivity contribution in [2.45, 2.75) is 6.04 Å². The average Bonchev–Trinajstić information content (AvgIpc) is 3.17. The highest BCUT2D eigenvalue weighted by molar-refractivity contribution is 6.21. The van der Waals surface area contributed by atoms with Crippen molar-refractivity contribution in [3.05, 3.63) is 170 Å². The zero-order chi connectivity index (χ0) is 31.9. The Labute approximate surface area is 278 Å². The van der Waals surface area contributed by atoms with Crippen molar-refractivity contribution < 1.29 is 0 Å². The first kappa shape index (κ1) is 27.8. The van der Waals surface area contributed by atoms with Gasteiger partial charge in [-0.3, -0.25) is 4.98 Å². The molecule has 226 valence electrons. The van der Waals surface area contributed by atoms with Crippen LogP contribution < -0.4 is 5.32 Å². The Morgan fingerprint density at radius 1 is 0.479 bits per heavy atom. The van der Waals surface area contributed by atoms with Crippen molar-refractivity contribution in [1.29, 1.82) is 0 Å². The Morgan fingerprint density at radius 3 is 1.75 bits per heavy atom. The highest BCUT2D eigenvalue weighted by atomic mass is 15.1. The maximum atomic E-state index is 4.92. The van der Waals surface area contributed by atoms with Gasteiger partial charge in [0.2, 0.25) is 0 Å². The van der Waals surface area contributed by atoms with Crippen LogP contribution in [0.25, 0.3) is 77.5 Å². The lowest BCUT2D eigenvalue weighted by Gasteiger charge is -2.18. The van der Waals surface area contributed by atoms with Gasteiger partial charge in [-0.15, -0.1) is 0 Å². The van der Waals surface area contributed by atoms with Gasteiger partial charge in [0.25, 0.3) is 0 Å². The van der Waals surface area contributed by atoms with E-state index in [0.717, 1.165) is 11.1 Å². The predicted octanol–water partition coefficient (Wildman–Crippen LogP) is 10.1. The second-order valence-electron chi connectivity index (χ2n) is 11.9. The highest BCUT2D eigenvalue weighted by Crippen LogP contribution is 2.44. The second-order valence-corrected chi connectivity index (χ2v) is 11.9. The molecule has 0 bridgehead atoms. The van der Waals surface area contributed by atoms with Crippen LogP contribution in [0.3, 0.4) is 0 Å². The number of benzene rings is 6. The van der Waals surface area contributed by atoms with Crippen molar-refractivity contribution in [2.75, 3.05) is 0 Å². The number of nitrogens with one attached hydrogen (secondary N) is 1. The average molecular weight is 616 g/mol. The molecule has 5 nitrogen and oxygen atoms in total. The quantitative estimate of drug-likeness (QED) is 0.195. The smallest absolute Gasteiger partial charge is 0.182 e. The fourth-order valence-corrected chi connectivity index (χ4v) is 6.76. The molecule has 0 spiro atoms. The molecule has 0 aliphatic carbocycles. The molecular formula is C43H29N5. The maximum absolute atomic E-state index is 4.92. The molecule has 5 heteroatoms. The van der Waals surface area contributed by atoms with E-state index in [0.29, 0.717) is 23.2 Å². The molecule has 1 aliphatic rings. The minimum atomic E-state index is -0.155. The molecule has 1 N–H and O–H groups in total. The van der Waals surface area contributed by atoms with Gasteiger partial charge in [0, 0.05) is 11.8 Å². The topological polar surface area (TPSA) is 63.6 Å². The third-order valence-corrected chi connectivity index (χ3v) is 9.01. The Hall–Kier alpha value is -6.46. The normalized spacial score (nSPS) is 14.0. The number of pyridine rings is 1. The van der Waals surface area contributed by atoms with Crippen LogP contribution in [0, 0.1) is 0 Å². The number of nitrogens with zero attached hydrogens (tertiary/aromatic N) is 4. The number of allylic oxidation sites excluding steroid dienone is 2. The molecule has 8 aromatic rings. The monoisotopic (exact) mass is 615 g/mol. The number of fused-ring (bicyclic) bond motifs is 3. The van der Waals surface area contributed by atoms with Crippen molar-refractivity contribution in [3.63, 3.8) is 0 Å². The molecule has 9 rings (SSSR count). The summed E-state index contributed by atoms with van der Waals surface area (Å²) in [6, 6.07) is 47.1. The zero-order valence-electron chi connectivity index (χ0n) is 26.0. The molecule has 0 radical (unpaired) electrons. The van der Waals surface area contributed by atoms with E-state index in [2.05, 4.69) is 126 Å². The molecule has 6 aromatic carbocycles. The summed E-state index contributed by atoms with van der Waals surface area (Å²) >= 11 is 0. The van der Waals surface area contributed by atoms with Gasteiger partial charge in [-0.25, -0.2) is 15.0 Å². The summed E-state index contributed by atoms with van der Waals surface area (Å²) in [6.07, 6.45) is 9.67. The fraction of sp³-hybridized carbons (Fsp3) is 0.0233. The van der Waals surface area contributed by atoms with E-state index in [1.807, 2.05) is 42.6 Å². The molecule has 0 saturated carbocycles. The number of aromatic nitrogens is 4. The van der Waals surface area contributed by atoms with Gasteiger partial charge in [-0.2, -0.15) is 0 Å². The lowest BCUT2D eigenvalue weighted by Crippen LogP contribution is -2.19. The number of hydrogen-bond acceptors (Lipinski definition) is 5. The maximum Gasteiger partial charge on any atom is 0.182 e. The van der Waals surface area contributed by atoms with Gasteiger partial charge < -0.3 is 5.32 Å². The third-order valence-electron chi connectivity index (χ3n) is 9.01. The van der Waals surface area contributed by atoms with Crippen molar-refractivity contribution in [3.8, 4) is 45.2 Å². The summed E-state index contributed by atoms with van der Waals surface area (Å²) in [6.45, 7) is 0. The summed E-state index contributed by atoms with van der Waals surface area (Å²) in [4.78, 5) is 19.1. The fourth-order valence-electron chi connectivity index (χ4n) is 6.76. The Kier molecular flexibility index (Phi) is 6.79. The first-order chi connectivity index (χ1) is 23.8. The molecule has 48 heavy (non-hydrogen) atoms. The summed E-state index contributed by atoms with van der Waals surface area (Å²) in [5.74, 6) is 1.80. The number of dihydropyridines is 1. The molecule has 0 fully saturated rings. The van der Waals surface area contributed by atoms with Crippen LogP contribution in [0.1, 0.15) is 11.9 Å². The lowest BCUT2D eigenvalue weighted by molar-refractivity contribution is 0.687. The summed E-state index contributed by atoms with van der Waals surface area (Å²) in [7, 11) is 0. The van der Waals surface area contributed by atoms with Gasteiger partial charge in [0.1, 0.15) is 11.7 Å². The van der Waals surface area contributed by atoms with Crippen LogP contribution in [-0.4, -0.2) is 19.9 Å². The van der Waals surface area contributed by atoms with E-state index in [4.69, 9.17) is 15.0 Å². The SMILES string of the molecule is C1=CNC(c2nc(-c3ccc(-c4c5ccccc5c(-c5ccc6ccccc6c5)c5ccccc45)cc3)nc(-c3ccccn3)n2)C=C1. The van der Waals surface area contributed by atoms with Gasteiger partial charge in [0.05, 0.1) is 0 Å². The standard InChI is InChI=1S/C43H29N5/c1-2-12-31-27-32(24-19-28(31)11-1)40-35-15-5-3-13-33(35)39(34-14-4-6-16-36(34)40)29-20-22-30(23-21-29)41-46-42(37-17-7-9-25-44-37)48-43(47-41)38-18-8-10-26-45-38/h1-27,37,44H. The molecule has 1 atom stereocenters.